The fourth-order valence-corrected chi connectivity index (χ4v) is 3.72. The molecule has 30 heavy (non-hydrogen) atoms. The topological polar surface area (TPSA) is 77.5 Å². The SMILES string of the molecule is C/C=C1/c2ccc(OCC(=O)O)cc2CCN1COCC1COc2ccccc2O1. The second-order valence-electron chi connectivity index (χ2n) is 7.19. The average molecular weight is 411 g/mol. The van der Waals surface area contributed by atoms with Crippen LogP contribution in [0.5, 0.6) is 17.2 Å². The van der Waals surface area contributed by atoms with E-state index < -0.39 is 5.97 Å². The van der Waals surface area contributed by atoms with Gasteiger partial charge in [0.2, 0.25) is 0 Å². The first kappa shape index (κ1) is 20.1. The van der Waals surface area contributed by atoms with Crippen LogP contribution in [0.1, 0.15) is 18.1 Å². The van der Waals surface area contributed by atoms with Gasteiger partial charge in [0.15, 0.2) is 24.2 Å². The Balaban J connectivity index is 1.33. The molecular weight excluding hydrogens is 386 g/mol. The first-order valence-electron chi connectivity index (χ1n) is 9.99. The maximum Gasteiger partial charge on any atom is 0.341 e. The first-order chi connectivity index (χ1) is 14.6. The molecule has 7 heteroatoms. The molecule has 1 unspecified atom stereocenters. The molecule has 1 atom stereocenters. The zero-order valence-corrected chi connectivity index (χ0v) is 16.9. The van der Waals surface area contributed by atoms with Crippen LogP contribution < -0.4 is 14.2 Å². The largest absolute Gasteiger partial charge is 0.486 e. The minimum atomic E-state index is -0.985. The molecule has 0 spiro atoms. The molecule has 2 heterocycles. The van der Waals surface area contributed by atoms with Gasteiger partial charge in [-0.25, -0.2) is 4.79 Å². The number of hydrogen-bond acceptors (Lipinski definition) is 6. The second kappa shape index (κ2) is 9.09. The minimum Gasteiger partial charge on any atom is -0.486 e. The van der Waals surface area contributed by atoms with Gasteiger partial charge in [-0.3, -0.25) is 0 Å². The molecule has 158 valence electrons. The van der Waals surface area contributed by atoms with E-state index in [-0.39, 0.29) is 12.7 Å². The molecule has 0 saturated heterocycles. The van der Waals surface area contributed by atoms with Crippen LogP contribution in [0.4, 0.5) is 0 Å². The minimum absolute atomic E-state index is 0.139. The number of aliphatic carboxylic acids is 1. The van der Waals surface area contributed by atoms with E-state index in [0.717, 1.165) is 41.3 Å². The molecule has 2 aliphatic rings. The van der Waals surface area contributed by atoms with Gasteiger partial charge >= 0.3 is 5.97 Å². The van der Waals surface area contributed by atoms with Crippen molar-refractivity contribution in [3.8, 4) is 17.2 Å². The summed E-state index contributed by atoms with van der Waals surface area (Å²) in [4.78, 5) is 12.9. The summed E-state index contributed by atoms with van der Waals surface area (Å²) in [5.74, 6) is 1.11. The fourth-order valence-electron chi connectivity index (χ4n) is 3.72. The maximum absolute atomic E-state index is 10.7. The third-order valence-electron chi connectivity index (χ3n) is 5.10. The van der Waals surface area contributed by atoms with Crippen LogP contribution in [-0.4, -0.2) is 55.2 Å². The lowest BCUT2D eigenvalue weighted by Crippen LogP contribution is -2.37. The van der Waals surface area contributed by atoms with Crippen molar-refractivity contribution < 1.29 is 28.8 Å². The molecule has 2 aromatic rings. The second-order valence-corrected chi connectivity index (χ2v) is 7.19. The zero-order valence-electron chi connectivity index (χ0n) is 16.9. The molecule has 2 aliphatic heterocycles. The van der Waals surface area contributed by atoms with Gasteiger partial charge in [-0.1, -0.05) is 18.2 Å². The van der Waals surface area contributed by atoms with Crippen molar-refractivity contribution in [3.63, 3.8) is 0 Å². The van der Waals surface area contributed by atoms with Gasteiger partial charge in [0.05, 0.1) is 6.61 Å². The van der Waals surface area contributed by atoms with Crippen LogP contribution in [-0.2, 0) is 16.0 Å². The van der Waals surface area contributed by atoms with E-state index in [9.17, 15) is 4.79 Å². The van der Waals surface area contributed by atoms with Crippen LogP contribution in [0.25, 0.3) is 5.70 Å². The summed E-state index contributed by atoms with van der Waals surface area (Å²) in [5.41, 5.74) is 3.34. The van der Waals surface area contributed by atoms with Crippen LogP contribution in [0.2, 0.25) is 0 Å². The number of hydrogen-bond donors (Lipinski definition) is 1. The van der Waals surface area contributed by atoms with Gasteiger partial charge < -0.3 is 29.0 Å². The van der Waals surface area contributed by atoms with E-state index in [0.29, 0.717) is 25.7 Å². The van der Waals surface area contributed by atoms with Crippen LogP contribution in [0.15, 0.2) is 48.5 Å². The van der Waals surface area contributed by atoms with Gasteiger partial charge in [-0.05, 0) is 49.2 Å². The molecule has 2 aromatic carbocycles. The Bertz CT molecular complexity index is 941. The zero-order chi connectivity index (χ0) is 20.9. The fraction of sp³-hybridized carbons (Fsp3) is 0.348. The van der Waals surface area contributed by atoms with E-state index in [1.807, 2.05) is 43.3 Å². The average Bonchev–Trinajstić information content (AvgIpc) is 2.77. The number of nitrogens with zero attached hydrogens (tertiary/aromatic N) is 1. The standard InChI is InChI=1S/C23H25NO6/c1-2-20-19-8-7-17(28-14-23(25)26)11-16(19)9-10-24(20)15-27-12-18-13-29-21-5-3-4-6-22(21)30-18/h2-8,11,18H,9-10,12-15H2,1H3,(H,25,26)/b20-2-. The Morgan fingerprint density at radius 2 is 2.10 bits per heavy atom. The molecule has 0 fully saturated rings. The molecular formula is C23H25NO6. The quantitative estimate of drug-likeness (QED) is 0.750. The normalized spacial score (nSPS) is 18.8. The van der Waals surface area contributed by atoms with E-state index >= 15 is 0 Å². The Hall–Kier alpha value is -3.19. The maximum atomic E-state index is 10.7. The molecule has 1 N–H and O–H groups in total. The van der Waals surface area contributed by atoms with Crippen LogP contribution in [0, 0.1) is 0 Å². The number of carbonyl (C=O) groups is 1. The molecule has 0 radical (unpaired) electrons. The molecule has 4 rings (SSSR count). The number of carboxylic acids is 1. The van der Waals surface area contributed by atoms with Crippen molar-refractivity contribution in [2.24, 2.45) is 0 Å². The van der Waals surface area contributed by atoms with Crippen molar-refractivity contribution in [1.82, 2.24) is 4.90 Å². The van der Waals surface area contributed by atoms with Gasteiger partial charge in [-0.2, -0.15) is 0 Å². The molecule has 0 bridgehead atoms. The predicted octanol–water partition coefficient (Wildman–Crippen LogP) is 3.18. The molecule has 0 amide bonds. The van der Waals surface area contributed by atoms with Gasteiger partial charge in [0.25, 0.3) is 0 Å². The van der Waals surface area contributed by atoms with E-state index in [2.05, 4.69) is 11.0 Å². The van der Waals surface area contributed by atoms with E-state index in [1.165, 1.54) is 0 Å². The summed E-state index contributed by atoms with van der Waals surface area (Å²) in [6.45, 7) is 3.83. The van der Waals surface area contributed by atoms with Crippen molar-refractivity contribution in [2.75, 3.05) is 33.1 Å². The first-order valence-corrected chi connectivity index (χ1v) is 9.99. The number of carboxylic acid groups (broad SMARTS) is 1. The monoisotopic (exact) mass is 411 g/mol. The number of fused-ring (bicyclic) bond motifs is 2. The summed E-state index contributed by atoms with van der Waals surface area (Å²) in [6.07, 6.45) is 2.76. The Morgan fingerprint density at radius 3 is 2.90 bits per heavy atom. The van der Waals surface area contributed by atoms with Crippen LogP contribution >= 0.6 is 0 Å². The highest BCUT2D eigenvalue weighted by atomic mass is 16.6. The highest BCUT2D eigenvalue weighted by Crippen LogP contribution is 2.32. The number of rotatable bonds is 7. The Labute approximate surface area is 175 Å². The van der Waals surface area contributed by atoms with Gasteiger partial charge in [0, 0.05) is 17.8 Å². The van der Waals surface area contributed by atoms with Crippen LogP contribution in [0.3, 0.4) is 0 Å². The van der Waals surface area contributed by atoms with Crippen molar-refractivity contribution in [3.05, 3.63) is 59.7 Å². The third kappa shape index (κ3) is 4.52. The smallest absolute Gasteiger partial charge is 0.341 e. The highest BCUT2D eigenvalue weighted by molar-refractivity contribution is 5.70. The van der Waals surface area contributed by atoms with Crippen molar-refractivity contribution >= 4 is 11.7 Å². The van der Waals surface area contributed by atoms with Crippen molar-refractivity contribution in [2.45, 2.75) is 19.4 Å². The number of allylic oxidation sites excluding steroid dienone is 1. The Kier molecular flexibility index (Phi) is 6.09. The van der Waals surface area contributed by atoms with Crippen molar-refractivity contribution in [1.29, 1.82) is 0 Å². The summed E-state index contributed by atoms with van der Waals surface area (Å²) < 4.78 is 22.9. The number of ether oxygens (including phenoxy) is 4. The third-order valence-corrected chi connectivity index (χ3v) is 5.10. The predicted molar refractivity (Wildman–Crippen MR) is 111 cm³/mol. The lowest BCUT2D eigenvalue weighted by molar-refractivity contribution is -0.139. The summed E-state index contributed by atoms with van der Waals surface area (Å²) in [7, 11) is 0. The molecule has 0 saturated carbocycles. The number of benzene rings is 2. The lowest BCUT2D eigenvalue weighted by Gasteiger charge is -2.34. The summed E-state index contributed by atoms with van der Waals surface area (Å²) in [5, 5.41) is 8.78. The molecule has 0 aromatic heterocycles. The molecule has 0 aliphatic carbocycles. The molecule has 7 nitrogen and oxygen atoms in total. The van der Waals surface area contributed by atoms with E-state index in [1.54, 1.807) is 6.07 Å². The van der Waals surface area contributed by atoms with E-state index in [4.69, 9.17) is 24.1 Å². The lowest BCUT2D eigenvalue weighted by atomic mass is 9.96. The summed E-state index contributed by atoms with van der Waals surface area (Å²) >= 11 is 0. The van der Waals surface area contributed by atoms with Gasteiger partial charge in [-0.15, -0.1) is 0 Å². The number of para-hydroxylation sites is 2. The summed E-state index contributed by atoms with van der Waals surface area (Å²) in [6, 6.07) is 13.3. The van der Waals surface area contributed by atoms with Gasteiger partial charge in [0.1, 0.15) is 19.1 Å². The highest BCUT2D eigenvalue weighted by Gasteiger charge is 2.24. The Morgan fingerprint density at radius 1 is 1.27 bits per heavy atom.